The van der Waals surface area contributed by atoms with Crippen molar-refractivity contribution in [2.75, 3.05) is 6.54 Å². The molecule has 0 amide bonds. The van der Waals surface area contributed by atoms with Crippen molar-refractivity contribution in [2.24, 2.45) is 0 Å². The van der Waals surface area contributed by atoms with Crippen LogP contribution in [0.3, 0.4) is 0 Å². The number of halogens is 3. The second-order valence-electron chi connectivity index (χ2n) is 4.19. The Bertz CT molecular complexity index is 556. The number of benzene rings is 1. The summed E-state index contributed by atoms with van der Waals surface area (Å²) in [6.45, 7) is 2.96. The Morgan fingerprint density at radius 2 is 2.05 bits per heavy atom. The van der Waals surface area contributed by atoms with Crippen LogP contribution in [0, 0.1) is 5.82 Å². The van der Waals surface area contributed by atoms with E-state index in [9.17, 15) is 4.39 Å². The van der Waals surface area contributed by atoms with Crippen LogP contribution in [0.1, 0.15) is 23.4 Å². The van der Waals surface area contributed by atoms with Gasteiger partial charge >= 0.3 is 0 Å². The molecule has 1 nitrogen and oxygen atoms in total. The molecule has 2 aromatic rings. The fourth-order valence-corrected chi connectivity index (χ4v) is 3.87. The molecular formula is C14H14Br2FNS. The lowest BCUT2D eigenvalue weighted by Gasteiger charge is -2.18. The molecule has 1 aromatic carbocycles. The molecule has 0 saturated carbocycles. The Morgan fingerprint density at radius 3 is 2.63 bits per heavy atom. The Hall–Kier alpha value is -0.230. The van der Waals surface area contributed by atoms with Crippen LogP contribution in [0.25, 0.3) is 0 Å². The first kappa shape index (κ1) is 15.2. The minimum Gasteiger partial charge on any atom is -0.310 e. The van der Waals surface area contributed by atoms with E-state index in [2.05, 4.69) is 56.2 Å². The van der Waals surface area contributed by atoms with Crippen LogP contribution >= 0.6 is 43.2 Å². The third kappa shape index (κ3) is 4.12. The zero-order valence-electron chi connectivity index (χ0n) is 10.4. The van der Waals surface area contributed by atoms with Crippen LogP contribution < -0.4 is 5.32 Å². The van der Waals surface area contributed by atoms with Crippen molar-refractivity contribution >= 4 is 43.2 Å². The molecule has 1 heterocycles. The summed E-state index contributed by atoms with van der Waals surface area (Å²) in [6, 6.07) is 9.59. The molecule has 0 radical (unpaired) electrons. The van der Waals surface area contributed by atoms with Crippen LogP contribution in [-0.2, 0) is 6.42 Å². The van der Waals surface area contributed by atoms with Gasteiger partial charge in [-0.25, -0.2) is 4.39 Å². The van der Waals surface area contributed by atoms with Crippen molar-refractivity contribution in [3.63, 3.8) is 0 Å². The van der Waals surface area contributed by atoms with Gasteiger partial charge in [-0.1, -0.05) is 13.0 Å². The maximum absolute atomic E-state index is 13.3. The highest BCUT2D eigenvalue weighted by atomic mass is 79.9. The molecule has 1 unspecified atom stereocenters. The first-order valence-corrected chi connectivity index (χ1v) is 8.43. The number of hydrogen-bond acceptors (Lipinski definition) is 2. The van der Waals surface area contributed by atoms with E-state index in [1.54, 1.807) is 11.3 Å². The lowest BCUT2D eigenvalue weighted by Crippen LogP contribution is -2.22. The average Bonchev–Trinajstić information content (AvgIpc) is 2.78. The van der Waals surface area contributed by atoms with E-state index in [-0.39, 0.29) is 11.9 Å². The van der Waals surface area contributed by atoms with Gasteiger partial charge in [-0.2, -0.15) is 0 Å². The third-order valence-corrected chi connectivity index (χ3v) is 5.08. The molecule has 102 valence electrons. The summed E-state index contributed by atoms with van der Waals surface area (Å²) in [6.07, 6.45) is 0.905. The van der Waals surface area contributed by atoms with Crippen molar-refractivity contribution in [1.82, 2.24) is 5.32 Å². The summed E-state index contributed by atoms with van der Waals surface area (Å²) in [5.74, 6) is -0.224. The lowest BCUT2D eigenvalue weighted by molar-refractivity contribution is 0.550. The normalized spacial score (nSPS) is 12.6. The van der Waals surface area contributed by atoms with Crippen molar-refractivity contribution in [2.45, 2.75) is 19.4 Å². The second kappa shape index (κ2) is 6.97. The van der Waals surface area contributed by atoms with E-state index in [0.29, 0.717) is 4.47 Å². The molecule has 0 spiro atoms. The number of rotatable bonds is 5. The molecule has 1 N–H and O–H groups in total. The summed E-state index contributed by atoms with van der Waals surface area (Å²) in [5, 5.41) is 3.45. The second-order valence-corrected chi connectivity index (χ2v) is 7.60. The molecule has 1 aromatic heterocycles. The third-order valence-electron chi connectivity index (χ3n) is 2.83. The van der Waals surface area contributed by atoms with Gasteiger partial charge in [-0.05, 0) is 68.2 Å². The van der Waals surface area contributed by atoms with Gasteiger partial charge in [0.15, 0.2) is 0 Å². The quantitative estimate of drug-likeness (QED) is 0.709. The molecule has 0 aliphatic rings. The van der Waals surface area contributed by atoms with Crippen molar-refractivity contribution < 1.29 is 4.39 Å². The van der Waals surface area contributed by atoms with Gasteiger partial charge in [0.1, 0.15) is 5.82 Å². The average molecular weight is 407 g/mol. The van der Waals surface area contributed by atoms with E-state index in [1.165, 1.54) is 10.9 Å². The van der Waals surface area contributed by atoms with Gasteiger partial charge in [-0.15, -0.1) is 11.3 Å². The van der Waals surface area contributed by atoms with Crippen LogP contribution in [0.5, 0.6) is 0 Å². The molecule has 1 atom stereocenters. The Kier molecular flexibility index (Phi) is 5.57. The van der Waals surface area contributed by atoms with E-state index in [1.807, 2.05) is 12.1 Å². The summed E-state index contributed by atoms with van der Waals surface area (Å²) in [7, 11) is 0. The largest absolute Gasteiger partial charge is 0.310 e. The van der Waals surface area contributed by atoms with E-state index in [4.69, 9.17) is 0 Å². The van der Waals surface area contributed by atoms with Gasteiger partial charge < -0.3 is 5.32 Å². The van der Waals surface area contributed by atoms with Crippen LogP contribution in [0.15, 0.2) is 38.6 Å². The van der Waals surface area contributed by atoms with Gasteiger partial charge in [0, 0.05) is 17.3 Å². The first-order chi connectivity index (χ1) is 9.10. The van der Waals surface area contributed by atoms with E-state index < -0.39 is 0 Å². The predicted octanol–water partition coefficient (Wildman–Crippen LogP) is 5.31. The number of thiophene rings is 1. The molecule has 0 saturated heterocycles. The highest BCUT2D eigenvalue weighted by molar-refractivity contribution is 9.11. The van der Waals surface area contributed by atoms with Gasteiger partial charge in [-0.3, -0.25) is 0 Å². The summed E-state index contributed by atoms with van der Waals surface area (Å²) < 4.78 is 15.0. The number of likely N-dealkylation sites (N-methyl/N-ethyl adjacent to an activating group) is 1. The van der Waals surface area contributed by atoms with Crippen LogP contribution in [0.4, 0.5) is 4.39 Å². The molecule has 0 aliphatic heterocycles. The van der Waals surface area contributed by atoms with Gasteiger partial charge in [0.05, 0.1) is 8.26 Å². The van der Waals surface area contributed by atoms with Gasteiger partial charge in [0.2, 0.25) is 0 Å². The first-order valence-electron chi connectivity index (χ1n) is 6.02. The maximum atomic E-state index is 13.3. The fourth-order valence-electron chi connectivity index (χ4n) is 1.95. The molecule has 0 fully saturated rings. The standard InChI is InChI=1S/C14H14Br2FNS/c1-2-18-13(8-10-4-6-14(16)19-10)9-3-5-12(17)11(15)7-9/h3-7,13,18H,2,8H2,1H3. The van der Waals surface area contributed by atoms with Crippen LogP contribution in [0.2, 0.25) is 0 Å². The maximum Gasteiger partial charge on any atom is 0.137 e. The van der Waals surface area contributed by atoms with E-state index in [0.717, 1.165) is 22.3 Å². The Morgan fingerprint density at radius 1 is 1.26 bits per heavy atom. The predicted molar refractivity (Wildman–Crippen MR) is 86.2 cm³/mol. The highest BCUT2D eigenvalue weighted by Crippen LogP contribution is 2.28. The Labute approximate surface area is 133 Å². The number of hydrogen-bond donors (Lipinski definition) is 1. The molecule has 0 bridgehead atoms. The highest BCUT2D eigenvalue weighted by Gasteiger charge is 2.14. The zero-order valence-corrected chi connectivity index (χ0v) is 14.4. The SMILES string of the molecule is CCNC(Cc1ccc(Br)s1)c1ccc(F)c(Br)c1. The monoisotopic (exact) mass is 405 g/mol. The topological polar surface area (TPSA) is 12.0 Å². The Balaban J connectivity index is 2.21. The van der Waals surface area contributed by atoms with Crippen LogP contribution in [-0.4, -0.2) is 6.54 Å². The molecule has 5 heteroatoms. The minimum absolute atomic E-state index is 0.201. The summed E-state index contributed by atoms with van der Waals surface area (Å²) in [5.41, 5.74) is 1.10. The minimum atomic E-state index is -0.224. The number of nitrogens with one attached hydrogen (secondary N) is 1. The molecular weight excluding hydrogens is 393 g/mol. The lowest BCUT2D eigenvalue weighted by atomic mass is 10.0. The summed E-state index contributed by atoms with van der Waals surface area (Å²) >= 11 is 8.46. The van der Waals surface area contributed by atoms with Crippen molar-refractivity contribution in [3.8, 4) is 0 Å². The zero-order chi connectivity index (χ0) is 13.8. The smallest absolute Gasteiger partial charge is 0.137 e. The van der Waals surface area contributed by atoms with Crippen molar-refractivity contribution in [1.29, 1.82) is 0 Å². The molecule has 0 aliphatic carbocycles. The van der Waals surface area contributed by atoms with E-state index >= 15 is 0 Å². The fraction of sp³-hybridized carbons (Fsp3) is 0.286. The molecule has 19 heavy (non-hydrogen) atoms. The summed E-state index contributed by atoms with van der Waals surface area (Å²) in [4.78, 5) is 1.30. The van der Waals surface area contributed by atoms with Crippen molar-refractivity contribution in [3.05, 3.63) is 54.8 Å². The van der Waals surface area contributed by atoms with Gasteiger partial charge in [0.25, 0.3) is 0 Å². The molecule has 2 rings (SSSR count).